The van der Waals surface area contributed by atoms with E-state index in [2.05, 4.69) is 10.1 Å². The number of rotatable bonds is 7. The molecule has 0 aliphatic carbocycles. The Morgan fingerprint density at radius 1 is 1.30 bits per heavy atom. The van der Waals surface area contributed by atoms with Crippen LogP contribution >= 0.6 is 0 Å². The van der Waals surface area contributed by atoms with E-state index in [1.165, 1.54) is 7.11 Å². The standard InChI is InChI=1S/C15H22N2O3/c1-12(9-15(19)20-3)16-14(18)11-17(2)10-13-7-5-4-6-8-13/h4-8,12H,9-11H2,1-3H3,(H,16,18). The third-order valence-corrected chi connectivity index (χ3v) is 2.82. The van der Waals surface area contributed by atoms with Gasteiger partial charge in [0.15, 0.2) is 0 Å². The molecule has 1 atom stereocenters. The number of hydrogen-bond acceptors (Lipinski definition) is 4. The highest BCUT2D eigenvalue weighted by Crippen LogP contribution is 2.02. The second-order valence-electron chi connectivity index (χ2n) is 4.91. The molecule has 0 aliphatic rings. The highest BCUT2D eigenvalue weighted by molar-refractivity contribution is 5.79. The van der Waals surface area contributed by atoms with Crippen LogP contribution < -0.4 is 5.32 Å². The fraction of sp³-hybridized carbons (Fsp3) is 0.467. The van der Waals surface area contributed by atoms with Gasteiger partial charge in [-0.25, -0.2) is 0 Å². The predicted molar refractivity (Wildman–Crippen MR) is 77.0 cm³/mol. The van der Waals surface area contributed by atoms with Crippen molar-refractivity contribution in [3.63, 3.8) is 0 Å². The number of carbonyl (C=O) groups excluding carboxylic acids is 2. The number of amides is 1. The minimum atomic E-state index is -0.324. The minimum Gasteiger partial charge on any atom is -0.469 e. The van der Waals surface area contributed by atoms with E-state index in [1.54, 1.807) is 6.92 Å². The molecular formula is C15H22N2O3. The van der Waals surface area contributed by atoms with Crippen molar-refractivity contribution >= 4 is 11.9 Å². The van der Waals surface area contributed by atoms with Gasteiger partial charge in [-0.15, -0.1) is 0 Å². The van der Waals surface area contributed by atoms with Crippen molar-refractivity contribution in [3.05, 3.63) is 35.9 Å². The first-order valence-corrected chi connectivity index (χ1v) is 6.60. The molecule has 1 N–H and O–H groups in total. The Morgan fingerprint density at radius 3 is 2.55 bits per heavy atom. The molecule has 20 heavy (non-hydrogen) atoms. The van der Waals surface area contributed by atoms with E-state index in [4.69, 9.17) is 0 Å². The van der Waals surface area contributed by atoms with Crippen LogP contribution in [0.5, 0.6) is 0 Å². The quantitative estimate of drug-likeness (QED) is 0.761. The van der Waals surface area contributed by atoms with Crippen LogP contribution in [-0.2, 0) is 20.9 Å². The molecule has 1 aromatic rings. The number of likely N-dealkylation sites (N-methyl/N-ethyl adjacent to an activating group) is 1. The fourth-order valence-corrected chi connectivity index (χ4v) is 1.90. The Balaban J connectivity index is 2.32. The van der Waals surface area contributed by atoms with E-state index in [-0.39, 0.29) is 24.3 Å². The van der Waals surface area contributed by atoms with Gasteiger partial charge in [-0.3, -0.25) is 14.5 Å². The maximum Gasteiger partial charge on any atom is 0.307 e. The Bertz CT molecular complexity index is 434. The number of methoxy groups -OCH3 is 1. The normalized spacial score (nSPS) is 12.0. The van der Waals surface area contributed by atoms with E-state index in [9.17, 15) is 9.59 Å². The van der Waals surface area contributed by atoms with Crippen LogP contribution in [0.15, 0.2) is 30.3 Å². The van der Waals surface area contributed by atoms with Crippen LogP contribution in [-0.4, -0.2) is 43.5 Å². The molecule has 0 spiro atoms. The summed E-state index contributed by atoms with van der Waals surface area (Å²) in [4.78, 5) is 24.8. The first kappa shape index (κ1) is 16.2. The van der Waals surface area contributed by atoms with E-state index in [0.29, 0.717) is 13.1 Å². The fourth-order valence-electron chi connectivity index (χ4n) is 1.90. The summed E-state index contributed by atoms with van der Waals surface area (Å²) >= 11 is 0. The lowest BCUT2D eigenvalue weighted by molar-refractivity contribution is -0.141. The molecule has 5 nitrogen and oxygen atoms in total. The minimum absolute atomic E-state index is 0.0974. The second-order valence-corrected chi connectivity index (χ2v) is 4.91. The number of benzene rings is 1. The zero-order valence-electron chi connectivity index (χ0n) is 12.3. The van der Waals surface area contributed by atoms with E-state index in [0.717, 1.165) is 5.56 Å². The largest absolute Gasteiger partial charge is 0.469 e. The van der Waals surface area contributed by atoms with Gasteiger partial charge >= 0.3 is 5.97 Å². The molecule has 0 saturated carbocycles. The van der Waals surface area contributed by atoms with Gasteiger partial charge in [0, 0.05) is 12.6 Å². The summed E-state index contributed by atoms with van der Waals surface area (Å²) < 4.78 is 4.56. The average molecular weight is 278 g/mol. The van der Waals surface area contributed by atoms with Gasteiger partial charge in [-0.1, -0.05) is 30.3 Å². The lowest BCUT2D eigenvalue weighted by Crippen LogP contribution is -2.40. The van der Waals surface area contributed by atoms with Crippen molar-refractivity contribution in [3.8, 4) is 0 Å². The van der Waals surface area contributed by atoms with Gasteiger partial charge in [0.1, 0.15) is 0 Å². The van der Waals surface area contributed by atoms with Crippen LogP contribution in [0.4, 0.5) is 0 Å². The lowest BCUT2D eigenvalue weighted by atomic mass is 10.2. The zero-order valence-corrected chi connectivity index (χ0v) is 12.3. The van der Waals surface area contributed by atoms with Gasteiger partial charge in [-0.05, 0) is 19.5 Å². The molecule has 5 heteroatoms. The first-order valence-electron chi connectivity index (χ1n) is 6.60. The summed E-state index contributed by atoms with van der Waals surface area (Å²) in [6.45, 7) is 2.78. The summed E-state index contributed by atoms with van der Waals surface area (Å²) in [6.07, 6.45) is 0.185. The van der Waals surface area contributed by atoms with Crippen molar-refractivity contribution in [2.75, 3.05) is 20.7 Å². The molecule has 0 saturated heterocycles. The molecule has 1 amide bonds. The summed E-state index contributed by atoms with van der Waals surface area (Å²) in [5.74, 6) is -0.421. The molecule has 110 valence electrons. The number of carbonyl (C=O) groups is 2. The van der Waals surface area contributed by atoms with Crippen molar-refractivity contribution in [1.29, 1.82) is 0 Å². The molecule has 0 bridgehead atoms. The number of hydrogen-bond donors (Lipinski definition) is 1. The topological polar surface area (TPSA) is 58.6 Å². The molecule has 1 aromatic carbocycles. The molecule has 0 radical (unpaired) electrons. The highest BCUT2D eigenvalue weighted by Gasteiger charge is 2.13. The highest BCUT2D eigenvalue weighted by atomic mass is 16.5. The summed E-state index contributed by atoms with van der Waals surface area (Å²) in [5.41, 5.74) is 1.16. The van der Waals surface area contributed by atoms with Crippen molar-refractivity contribution in [1.82, 2.24) is 10.2 Å². The Labute approximate surface area is 119 Å². The second kappa shape index (κ2) is 8.32. The molecule has 0 fully saturated rings. The van der Waals surface area contributed by atoms with E-state index >= 15 is 0 Å². The Morgan fingerprint density at radius 2 is 1.95 bits per heavy atom. The predicted octanol–water partition coefficient (Wildman–Crippen LogP) is 1.19. The van der Waals surface area contributed by atoms with E-state index < -0.39 is 0 Å². The molecular weight excluding hydrogens is 256 g/mol. The number of ether oxygens (including phenoxy) is 1. The number of nitrogens with zero attached hydrogens (tertiary/aromatic N) is 1. The molecule has 0 heterocycles. The van der Waals surface area contributed by atoms with E-state index in [1.807, 2.05) is 42.3 Å². The average Bonchev–Trinajstić information content (AvgIpc) is 2.38. The van der Waals surface area contributed by atoms with Crippen molar-refractivity contribution in [2.45, 2.75) is 25.9 Å². The molecule has 1 rings (SSSR count). The van der Waals surface area contributed by atoms with Crippen LogP contribution in [0.25, 0.3) is 0 Å². The van der Waals surface area contributed by atoms with Gasteiger partial charge in [-0.2, -0.15) is 0 Å². The summed E-state index contributed by atoms with van der Waals surface area (Å²) in [6, 6.07) is 9.73. The third-order valence-electron chi connectivity index (χ3n) is 2.82. The van der Waals surface area contributed by atoms with Gasteiger partial charge in [0.25, 0.3) is 0 Å². The van der Waals surface area contributed by atoms with Crippen LogP contribution in [0.1, 0.15) is 18.9 Å². The summed E-state index contributed by atoms with van der Waals surface area (Å²) in [5, 5.41) is 2.78. The smallest absolute Gasteiger partial charge is 0.307 e. The Kier molecular flexibility index (Phi) is 6.73. The van der Waals surface area contributed by atoms with Crippen molar-refractivity contribution in [2.24, 2.45) is 0 Å². The van der Waals surface area contributed by atoms with Gasteiger partial charge in [0.05, 0.1) is 20.1 Å². The van der Waals surface area contributed by atoms with Gasteiger partial charge in [0.2, 0.25) is 5.91 Å². The monoisotopic (exact) mass is 278 g/mol. The lowest BCUT2D eigenvalue weighted by Gasteiger charge is -2.18. The third kappa shape index (κ3) is 6.33. The molecule has 0 aliphatic heterocycles. The first-order chi connectivity index (χ1) is 9.51. The summed E-state index contributed by atoms with van der Waals surface area (Å²) in [7, 11) is 3.22. The SMILES string of the molecule is COC(=O)CC(C)NC(=O)CN(C)Cc1ccccc1. The van der Waals surface area contributed by atoms with Crippen LogP contribution in [0, 0.1) is 0 Å². The Hall–Kier alpha value is -1.88. The van der Waals surface area contributed by atoms with Crippen LogP contribution in [0.3, 0.4) is 0 Å². The maximum atomic E-state index is 11.8. The van der Waals surface area contributed by atoms with Crippen LogP contribution in [0.2, 0.25) is 0 Å². The molecule has 0 aromatic heterocycles. The molecule has 1 unspecified atom stereocenters. The van der Waals surface area contributed by atoms with Gasteiger partial charge < -0.3 is 10.1 Å². The zero-order chi connectivity index (χ0) is 15.0. The van der Waals surface area contributed by atoms with Crippen molar-refractivity contribution < 1.29 is 14.3 Å². The maximum absolute atomic E-state index is 11.8. The number of nitrogens with one attached hydrogen (secondary N) is 1. The number of esters is 1.